The van der Waals surface area contributed by atoms with Crippen LogP contribution in [0.25, 0.3) is 0 Å². The molecule has 0 saturated heterocycles. The third-order valence-corrected chi connectivity index (χ3v) is 2.94. The Morgan fingerprint density at radius 3 is 2.61 bits per heavy atom. The molecule has 23 heavy (non-hydrogen) atoms. The van der Waals surface area contributed by atoms with Crippen molar-refractivity contribution in [3.63, 3.8) is 0 Å². The molecule has 0 unspecified atom stereocenters. The van der Waals surface area contributed by atoms with Gasteiger partial charge in [0.05, 0.1) is 10.6 Å². The average molecular weight is 314 g/mol. The molecule has 2 aromatic rings. The number of nitrogens with zero attached hydrogens (tertiary/aromatic N) is 2. The Morgan fingerprint density at radius 2 is 1.96 bits per heavy atom. The molecule has 0 aliphatic heterocycles. The van der Waals surface area contributed by atoms with Crippen LogP contribution in [-0.4, -0.2) is 21.7 Å². The summed E-state index contributed by atoms with van der Waals surface area (Å²) >= 11 is 0. The van der Waals surface area contributed by atoms with E-state index in [1.807, 2.05) is 0 Å². The largest absolute Gasteiger partial charge is 0.323 e. The van der Waals surface area contributed by atoms with E-state index in [1.165, 1.54) is 25.3 Å². The van der Waals surface area contributed by atoms with Crippen LogP contribution in [-0.2, 0) is 4.79 Å². The van der Waals surface area contributed by atoms with Crippen LogP contribution in [0.4, 0.5) is 17.2 Å². The van der Waals surface area contributed by atoms with Crippen LogP contribution >= 0.6 is 0 Å². The first-order valence-electron chi connectivity index (χ1n) is 6.67. The number of hydrogen-bond donors (Lipinski definition) is 2. The van der Waals surface area contributed by atoms with E-state index in [0.29, 0.717) is 11.3 Å². The van der Waals surface area contributed by atoms with Gasteiger partial charge in [-0.2, -0.15) is 0 Å². The van der Waals surface area contributed by atoms with E-state index >= 15 is 0 Å². The van der Waals surface area contributed by atoms with Gasteiger partial charge >= 0.3 is 0 Å². The Labute approximate surface area is 131 Å². The summed E-state index contributed by atoms with van der Waals surface area (Å²) in [5, 5.41) is 16.1. The number of aromatic nitrogens is 1. The van der Waals surface area contributed by atoms with E-state index in [9.17, 15) is 19.7 Å². The Kier molecular flexibility index (Phi) is 4.65. The molecule has 8 heteroatoms. The minimum absolute atomic E-state index is 0.0746. The molecule has 118 valence electrons. The number of rotatable bonds is 4. The van der Waals surface area contributed by atoms with Gasteiger partial charge in [0.1, 0.15) is 5.56 Å². The Bertz CT molecular complexity index is 789. The van der Waals surface area contributed by atoms with Crippen molar-refractivity contribution in [1.82, 2.24) is 4.98 Å². The monoisotopic (exact) mass is 314 g/mol. The van der Waals surface area contributed by atoms with Crippen LogP contribution in [0.3, 0.4) is 0 Å². The highest BCUT2D eigenvalue weighted by molar-refractivity contribution is 6.08. The highest BCUT2D eigenvalue weighted by atomic mass is 16.6. The molecule has 0 bridgehead atoms. The number of nitro groups is 1. The molecule has 0 aliphatic carbocycles. The van der Waals surface area contributed by atoms with Crippen molar-refractivity contribution in [2.75, 3.05) is 10.6 Å². The first-order chi connectivity index (χ1) is 10.9. The van der Waals surface area contributed by atoms with Crippen LogP contribution in [0.1, 0.15) is 22.8 Å². The molecule has 1 heterocycles. The average Bonchev–Trinajstić information content (AvgIpc) is 2.48. The van der Waals surface area contributed by atoms with Crippen molar-refractivity contribution in [2.45, 2.75) is 13.8 Å². The number of amides is 2. The zero-order valence-electron chi connectivity index (χ0n) is 12.5. The number of anilines is 2. The minimum atomic E-state index is -0.675. The van der Waals surface area contributed by atoms with E-state index < -0.39 is 10.8 Å². The number of nitrogens with one attached hydrogen (secondary N) is 2. The zero-order valence-corrected chi connectivity index (χ0v) is 12.5. The molecule has 2 rings (SSSR count). The second-order valence-electron chi connectivity index (χ2n) is 4.81. The summed E-state index contributed by atoms with van der Waals surface area (Å²) < 4.78 is 0. The van der Waals surface area contributed by atoms with Crippen LogP contribution in [0, 0.1) is 17.0 Å². The van der Waals surface area contributed by atoms with Crippen LogP contribution < -0.4 is 10.6 Å². The van der Waals surface area contributed by atoms with Gasteiger partial charge in [0, 0.05) is 19.2 Å². The predicted molar refractivity (Wildman–Crippen MR) is 84.3 cm³/mol. The fourth-order valence-electron chi connectivity index (χ4n) is 1.96. The van der Waals surface area contributed by atoms with Crippen molar-refractivity contribution < 1.29 is 14.5 Å². The number of carbonyl (C=O) groups is 2. The van der Waals surface area contributed by atoms with Crippen LogP contribution in [0.15, 0.2) is 36.5 Å². The maximum atomic E-state index is 12.4. The Morgan fingerprint density at radius 1 is 1.22 bits per heavy atom. The van der Waals surface area contributed by atoms with Crippen molar-refractivity contribution in [2.24, 2.45) is 0 Å². The highest BCUT2D eigenvalue weighted by Crippen LogP contribution is 2.23. The minimum Gasteiger partial charge on any atom is -0.323 e. The van der Waals surface area contributed by atoms with Gasteiger partial charge in [0.2, 0.25) is 5.91 Å². The standard InChI is InChI=1S/C15H14N4O4/c1-9-5-6-13(19(22)23)11(8-9)15(21)18-14-12(17-10(2)20)4-3-7-16-14/h3-8H,1-2H3,(H,17,20)(H,16,18,21). The molecular weight excluding hydrogens is 300 g/mol. The maximum Gasteiger partial charge on any atom is 0.282 e. The van der Waals surface area contributed by atoms with Crippen LogP contribution in [0.5, 0.6) is 0 Å². The lowest BCUT2D eigenvalue weighted by Gasteiger charge is -2.10. The molecule has 1 aromatic heterocycles. The van der Waals surface area contributed by atoms with E-state index in [2.05, 4.69) is 15.6 Å². The number of carbonyl (C=O) groups excluding carboxylic acids is 2. The first-order valence-corrected chi connectivity index (χ1v) is 6.67. The number of hydrogen-bond acceptors (Lipinski definition) is 5. The lowest BCUT2D eigenvalue weighted by Crippen LogP contribution is -2.17. The third-order valence-electron chi connectivity index (χ3n) is 2.94. The van der Waals surface area contributed by atoms with Crippen LogP contribution in [0.2, 0.25) is 0 Å². The molecule has 0 saturated carbocycles. The number of benzene rings is 1. The molecule has 0 radical (unpaired) electrons. The lowest BCUT2D eigenvalue weighted by molar-refractivity contribution is -0.385. The van der Waals surface area contributed by atoms with E-state index in [-0.39, 0.29) is 23.0 Å². The summed E-state index contributed by atoms with van der Waals surface area (Å²) in [6.07, 6.45) is 1.44. The van der Waals surface area contributed by atoms with Crippen molar-refractivity contribution in [1.29, 1.82) is 0 Å². The summed E-state index contributed by atoms with van der Waals surface area (Å²) in [6, 6.07) is 7.41. The summed E-state index contributed by atoms with van der Waals surface area (Å²) in [6.45, 7) is 3.05. The topological polar surface area (TPSA) is 114 Å². The second kappa shape index (κ2) is 6.65. The summed E-state index contributed by atoms with van der Waals surface area (Å²) in [4.78, 5) is 37.9. The molecule has 8 nitrogen and oxygen atoms in total. The van der Waals surface area contributed by atoms with Gasteiger partial charge in [-0.3, -0.25) is 19.7 Å². The smallest absolute Gasteiger partial charge is 0.282 e. The quantitative estimate of drug-likeness (QED) is 0.664. The number of aryl methyl sites for hydroxylation is 1. The summed E-state index contributed by atoms with van der Waals surface area (Å²) in [5.74, 6) is -0.885. The predicted octanol–water partition coefficient (Wildman–Crippen LogP) is 2.51. The molecule has 0 aliphatic rings. The Hall–Kier alpha value is -3.29. The third kappa shape index (κ3) is 3.88. The van der Waals surface area contributed by atoms with Gasteiger partial charge in [0.25, 0.3) is 11.6 Å². The normalized spacial score (nSPS) is 10.0. The zero-order chi connectivity index (χ0) is 17.0. The van der Waals surface area contributed by atoms with Gasteiger partial charge in [-0.15, -0.1) is 0 Å². The van der Waals surface area contributed by atoms with E-state index in [1.54, 1.807) is 25.1 Å². The molecule has 2 amide bonds. The number of pyridine rings is 1. The van der Waals surface area contributed by atoms with E-state index in [0.717, 1.165) is 0 Å². The van der Waals surface area contributed by atoms with E-state index in [4.69, 9.17) is 0 Å². The van der Waals surface area contributed by atoms with Gasteiger partial charge in [-0.05, 0) is 30.7 Å². The van der Waals surface area contributed by atoms with Gasteiger partial charge in [-0.25, -0.2) is 4.98 Å². The Balaban J connectivity index is 2.35. The van der Waals surface area contributed by atoms with Crippen molar-refractivity contribution in [3.05, 3.63) is 57.8 Å². The summed E-state index contributed by atoms with van der Waals surface area (Å²) in [7, 11) is 0. The SMILES string of the molecule is CC(=O)Nc1cccnc1NC(=O)c1cc(C)ccc1[N+](=O)[O-]. The lowest BCUT2D eigenvalue weighted by atomic mass is 10.1. The maximum absolute atomic E-state index is 12.4. The van der Waals surface area contributed by atoms with Crippen molar-refractivity contribution >= 4 is 29.0 Å². The highest BCUT2D eigenvalue weighted by Gasteiger charge is 2.21. The molecule has 2 N–H and O–H groups in total. The fourth-order valence-corrected chi connectivity index (χ4v) is 1.96. The molecule has 1 aromatic carbocycles. The first kappa shape index (κ1) is 16.1. The molecule has 0 fully saturated rings. The summed E-state index contributed by atoms with van der Waals surface area (Å²) in [5.41, 5.74) is 0.645. The number of nitro benzene ring substituents is 1. The fraction of sp³-hybridized carbons (Fsp3) is 0.133. The van der Waals surface area contributed by atoms with Crippen molar-refractivity contribution in [3.8, 4) is 0 Å². The second-order valence-corrected chi connectivity index (χ2v) is 4.81. The molecule has 0 spiro atoms. The molecular formula is C15H14N4O4. The molecule has 0 atom stereocenters. The van der Waals surface area contributed by atoms with Gasteiger partial charge in [-0.1, -0.05) is 6.07 Å². The van der Waals surface area contributed by atoms with Gasteiger partial charge in [0.15, 0.2) is 5.82 Å². The van der Waals surface area contributed by atoms with Gasteiger partial charge < -0.3 is 10.6 Å².